The number of hydrogen-bond acceptors (Lipinski definition) is 2. The van der Waals surface area contributed by atoms with Gasteiger partial charge in [-0.05, 0) is 40.5 Å². The number of carboxylic acids is 1. The van der Waals surface area contributed by atoms with Crippen molar-refractivity contribution in [2.75, 3.05) is 0 Å². The zero-order chi connectivity index (χ0) is 21.9. The summed E-state index contributed by atoms with van der Waals surface area (Å²) in [6.07, 6.45) is 0.759. The summed E-state index contributed by atoms with van der Waals surface area (Å²) in [6.45, 7) is 8.79. The molecule has 0 heterocycles. The lowest BCUT2D eigenvalue weighted by molar-refractivity contribution is 0.0693. The van der Waals surface area contributed by atoms with E-state index >= 15 is 0 Å². The summed E-state index contributed by atoms with van der Waals surface area (Å²) >= 11 is 0. The molecule has 3 aromatic rings. The first-order valence-corrected chi connectivity index (χ1v) is 10.4. The first kappa shape index (κ1) is 21.6. The zero-order valence-corrected chi connectivity index (χ0v) is 18.1. The van der Waals surface area contributed by atoms with Crippen molar-refractivity contribution < 1.29 is 15.0 Å². The number of rotatable bonds is 6. The van der Waals surface area contributed by atoms with Crippen LogP contribution in [0, 0.1) is 0 Å². The molecule has 3 nitrogen and oxygen atoms in total. The van der Waals surface area contributed by atoms with E-state index in [1.54, 1.807) is 6.07 Å². The van der Waals surface area contributed by atoms with Crippen molar-refractivity contribution in [3.8, 4) is 5.75 Å². The van der Waals surface area contributed by atoms with Crippen LogP contribution in [-0.2, 0) is 5.41 Å². The molecule has 0 aliphatic rings. The molecule has 0 radical (unpaired) electrons. The molecule has 0 saturated heterocycles. The summed E-state index contributed by atoms with van der Waals surface area (Å²) in [5.41, 5.74) is 4.29. The van der Waals surface area contributed by atoms with Gasteiger partial charge in [-0.15, -0.1) is 0 Å². The Bertz CT molecular complexity index is 999. The van der Waals surface area contributed by atoms with Crippen molar-refractivity contribution in [1.82, 2.24) is 0 Å². The summed E-state index contributed by atoms with van der Waals surface area (Å²) in [5.74, 6) is -1.14. The summed E-state index contributed by atoms with van der Waals surface area (Å²) in [7, 11) is 0. The van der Waals surface area contributed by atoms with Crippen LogP contribution in [0.1, 0.15) is 78.6 Å². The van der Waals surface area contributed by atoms with Gasteiger partial charge in [0.15, 0.2) is 0 Å². The Morgan fingerprint density at radius 2 is 1.50 bits per heavy atom. The van der Waals surface area contributed by atoms with Gasteiger partial charge >= 0.3 is 5.97 Å². The molecule has 2 N–H and O–H groups in total. The highest BCUT2D eigenvalue weighted by Gasteiger charge is 2.24. The quantitative estimate of drug-likeness (QED) is 0.481. The average molecular weight is 403 g/mol. The maximum Gasteiger partial charge on any atom is 0.339 e. The van der Waals surface area contributed by atoms with Gasteiger partial charge in [-0.1, -0.05) is 94.4 Å². The maximum atomic E-state index is 11.5. The van der Waals surface area contributed by atoms with Crippen molar-refractivity contribution in [2.45, 2.75) is 51.4 Å². The van der Waals surface area contributed by atoms with Crippen molar-refractivity contribution in [3.63, 3.8) is 0 Å². The van der Waals surface area contributed by atoms with Crippen molar-refractivity contribution in [2.24, 2.45) is 0 Å². The molecule has 0 saturated carbocycles. The molecule has 2 atom stereocenters. The third kappa shape index (κ3) is 4.73. The van der Waals surface area contributed by atoms with Crippen LogP contribution >= 0.6 is 0 Å². The van der Waals surface area contributed by atoms with Gasteiger partial charge in [0.05, 0.1) is 0 Å². The topological polar surface area (TPSA) is 57.5 Å². The fourth-order valence-corrected chi connectivity index (χ4v) is 3.94. The molecule has 0 aliphatic heterocycles. The first-order chi connectivity index (χ1) is 14.2. The van der Waals surface area contributed by atoms with Gasteiger partial charge in [0, 0.05) is 11.5 Å². The van der Waals surface area contributed by atoms with Gasteiger partial charge in [0.25, 0.3) is 0 Å². The second kappa shape index (κ2) is 8.74. The number of phenols is 1. The standard InChI is InChI=1S/C27H30O3/c1-18(19-13-15-21(16-14-19)27(2,3)4)17-24(20-9-6-5-7-10-20)22-11-8-12-23(25(22)28)26(29)30/h5-16,18,24,28H,17H2,1-4H3,(H,29,30). The Hall–Kier alpha value is -3.07. The highest BCUT2D eigenvalue weighted by Crippen LogP contribution is 2.40. The van der Waals surface area contributed by atoms with Gasteiger partial charge in [-0.25, -0.2) is 4.79 Å². The lowest BCUT2D eigenvalue weighted by Crippen LogP contribution is -2.11. The third-order valence-corrected chi connectivity index (χ3v) is 5.81. The molecule has 3 aromatic carbocycles. The number of carbonyl (C=O) groups is 1. The van der Waals surface area contributed by atoms with Gasteiger partial charge in [0.2, 0.25) is 0 Å². The van der Waals surface area contributed by atoms with Crippen LogP contribution < -0.4 is 0 Å². The molecule has 0 fully saturated rings. The fraction of sp³-hybridized carbons (Fsp3) is 0.296. The molecule has 30 heavy (non-hydrogen) atoms. The predicted molar refractivity (Wildman–Crippen MR) is 122 cm³/mol. The minimum absolute atomic E-state index is 0.0596. The lowest BCUT2D eigenvalue weighted by Gasteiger charge is -2.25. The second-order valence-electron chi connectivity index (χ2n) is 9.02. The highest BCUT2D eigenvalue weighted by molar-refractivity contribution is 5.91. The van der Waals surface area contributed by atoms with Crippen LogP contribution in [-0.4, -0.2) is 16.2 Å². The van der Waals surface area contributed by atoms with Crippen molar-refractivity contribution in [1.29, 1.82) is 0 Å². The Morgan fingerprint density at radius 1 is 0.867 bits per heavy atom. The Labute approximate surface area is 179 Å². The Kier molecular flexibility index (Phi) is 6.31. The van der Waals surface area contributed by atoms with Crippen LogP contribution in [0.3, 0.4) is 0 Å². The van der Waals surface area contributed by atoms with Gasteiger partial charge in [-0.3, -0.25) is 0 Å². The SMILES string of the molecule is CC(CC(c1ccccc1)c1cccc(C(=O)O)c1O)c1ccc(C(C)(C)C)cc1. The van der Waals surface area contributed by atoms with Crippen LogP contribution in [0.5, 0.6) is 5.75 Å². The largest absolute Gasteiger partial charge is 0.507 e. The molecule has 0 aliphatic carbocycles. The lowest BCUT2D eigenvalue weighted by atomic mass is 9.80. The number of para-hydroxylation sites is 1. The van der Waals surface area contributed by atoms with E-state index in [9.17, 15) is 15.0 Å². The van der Waals surface area contributed by atoms with E-state index < -0.39 is 5.97 Å². The first-order valence-electron chi connectivity index (χ1n) is 10.4. The monoisotopic (exact) mass is 402 g/mol. The normalized spacial score (nSPS) is 13.6. The molecular weight excluding hydrogens is 372 g/mol. The van der Waals surface area contributed by atoms with E-state index in [-0.39, 0.29) is 28.6 Å². The minimum Gasteiger partial charge on any atom is -0.507 e. The molecule has 3 heteroatoms. The summed E-state index contributed by atoms with van der Waals surface area (Å²) in [5, 5.41) is 20.2. The number of aromatic hydroxyl groups is 1. The molecule has 156 valence electrons. The number of carboxylic acid groups (broad SMARTS) is 1. The van der Waals surface area contributed by atoms with Crippen molar-refractivity contribution >= 4 is 5.97 Å². The molecule has 0 spiro atoms. The number of benzene rings is 3. The number of aromatic carboxylic acids is 1. The van der Waals surface area contributed by atoms with E-state index in [0.29, 0.717) is 5.56 Å². The van der Waals surface area contributed by atoms with Crippen LogP contribution in [0.2, 0.25) is 0 Å². The Morgan fingerprint density at radius 3 is 2.07 bits per heavy atom. The van der Waals surface area contributed by atoms with E-state index in [0.717, 1.165) is 12.0 Å². The number of hydrogen-bond donors (Lipinski definition) is 2. The predicted octanol–water partition coefficient (Wildman–Crippen LogP) is 6.71. The second-order valence-corrected chi connectivity index (χ2v) is 9.02. The van der Waals surface area contributed by atoms with Crippen LogP contribution in [0.25, 0.3) is 0 Å². The van der Waals surface area contributed by atoms with Crippen LogP contribution in [0.15, 0.2) is 72.8 Å². The van der Waals surface area contributed by atoms with Gasteiger partial charge in [-0.2, -0.15) is 0 Å². The van der Waals surface area contributed by atoms with Crippen molar-refractivity contribution in [3.05, 3.63) is 101 Å². The fourth-order valence-electron chi connectivity index (χ4n) is 3.94. The highest BCUT2D eigenvalue weighted by atomic mass is 16.4. The smallest absolute Gasteiger partial charge is 0.339 e. The van der Waals surface area contributed by atoms with Crippen LogP contribution in [0.4, 0.5) is 0 Å². The molecule has 0 bridgehead atoms. The van der Waals surface area contributed by atoms with Gasteiger partial charge < -0.3 is 10.2 Å². The average Bonchev–Trinajstić information content (AvgIpc) is 2.72. The molecule has 3 rings (SSSR count). The molecule has 0 amide bonds. The summed E-state index contributed by atoms with van der Waals surface area (Å²) in [6, 6.07) is 23.7. The molecule has 0 aromatic heterocycles. The van der Waals surface area contributed by atoms with Gasteiger partial charge in [0.1, 0.15) is 11.3 Å². The van der Waals surface area contributed by atoms with E-state index in [1.165, 1.54) is 17.2 Å². The third-order valence-electron chi connectivity index (χ3n) is 5.81. The molecule has 2 unspecified atom stereocenters. The van der Waals surface area contributed by atoms with E-state index in [4.69, 9.17) is 0 Å². The maximum absolute atomic E-state index is 11.5. The Balaban J connectivity index is 1.97. The minimum atomic E-state index is -1.12. The molecular formula is C27H30O3. The van der Waals surface area contributed by atoms with E-state index in [1.807, 2.05) is 36.4 Å². The van der Waals surface area contributed by atoms with E-state index in [2.05, 4.69) is 52.0 Å². The zero-order valence-electron chi connectivity index (χ0n) is 18.1. The summed E-state index contributed by atoms with van der Waals surface area (Å²) < 4.78 is 0. The summed E-state index contributed by atoms with van der Waals surface area (Å²) in [4.78, 5) is 11.5.